The molecule has 1 aromatic carbocycles. The van der Waals surface area contributed by atoms with Gasteiger partial charge in [0.15, 0.2) is 0 Å². The first kappa shape index (κ1) is 12.9. The van der Waals surface area contributed by atoms with Gasteiger partial charge in [-0.25, -0.2) is 0 Å². The molecule has 0 aliphatic carbocycles. The smallest absolute Gasteiger partial charge is 0.227 e. The van der Waals surface area contributed by atoms with Gasteiger partial charge >= 0.3 is 0 Å². The van der Waals surface area contributed by atoms with Crippen molar-refractivity contribution in [3.63, 3.8) is 0 Å². The first-order valence-corrected chi connectivity index (χ1v) is 5.70. The Morgan fingerprint density at radius 3 is 2.47 bits per heavy atom. The molecule has 6 heteroatoms. The molecular weight excluding hydrogens is 246 g/mol. The van der Waals surface area contributed by atoms with Crippen LogP contribution in [0.4, 0.5) is 0 Å². The lowest BCUT2D eigenvalue weighted by Crippen LogP contribution is -1.90. The van der Waals surface area contributed by atoms with Gasteiger partial charge in [-0.3, -0.25) is 0 Å². The first-order valence-electron chi connectivity index (χ1n) is 5.70. The van der Waals surface area contributed by atoms with Crippen molar-refractivity contribution in [1.29, 1.82) is 5.26 Å². The number of methoxy groups -OCH3 is 2. The molecule has 1 heterocycles. The molecule has 0 spiro atoms. The number of benzene rings is 1. The normalized spacial score (nSPS) is 9.95. The Morgan fingerprint density at radius 2 is 1.89 bits per heavy atom. The first-order chi connectivity index (χ1) is 9.26. The lowest BCUT2D eigenvalue weighted by atomic mass is 10.2. The highest BCUT2D eigenvalue weighted by Crippen LogP contribution is 2.28. The Morgan fingerprint density at radius 1 is 1.21 bits per heavy atom. The number of aromatic nitrogens is 2. The van der Waals surface area contributed by atoms with Crippen LogP contribution in [-0.2, 0) is 6.42 Å². The van der Waals surface area contributed by atoms with Gasteiger partial charge in [0.1, 0.15) is 11.5 Å². The van der Waals surface area contributed by atoms with Crippen LogP contribution in [0.5, 0.6) is 11.5 Å². The summed E-state index contributed by atoms with van der Waals surface area (Å²) in [5.74, 6) is 2.19. The molecular formula is C13H13N3O3. The molecule has 0 aliphatic rings. The lowest BCUT2D eigenvalue weighted by molar-refractivity contribution is 0.379. The summed E-state index contributed by atoms with van der Waals surface area (Å²) in [7, 11) is 3.15. The van der Waals surface area contributed by atoms with Crippen LogP contribution in [0.3, 0.4) is 0 Å². The largest absolute Gasteiger partial charge is 0.497 e. The Balaban J connectivity index is 2.30. The van der Waals surface area contributed by atoms with Crippen LogP contribution in [-0.4, -0.2) is 24.4 Å². The predicted octanol–water partition coefficient (Wildman–Crippen LogP) is 2.21. The molecule has 2 rings (SSSR count). The van der Waals surface area contributed by atoms with E-state index in [-0.39, 0.29) is 0 Å². The number of nitriles is 1. The third-order valence-electron chi connectivity index (χ3n) is 2.53. The lowest BCUT2D eigenvalue weighted by Gasteiger charge is -2.05. The zero-order valence-electron chi connectivity index (χ0n) is 10.7. The van der Waals surface area contributed by atoms with Gasteiger partial charge in [0.25, 0.3) is 0 Å². The molecule has 0 saturated carbocycles. The van der Waals surface area contributed by atoms with Crippen molar-refractivity contribution in [2.24, 2.45) is 0 Å². The molecule has 0 fully saturated rings. The number of hydrogen-bond acceptors (Lipinski definition) is 6. The summed E-state index contributed by atoms with van der Waals surface area (Å²) in [5.41, 5.74) is 0.739. The molecule has 0 radical (unpaired) electrons. The topological polar surface area (TPSA) is 81.2 Å². The summed E-state index contributed by atoms with van der Waals surface area (Å²) in [6.45, 7) is 0. The van der Waals surface area contributed by atoms with Gasteiger partial charge in [0, 0.05) is 24.5 Å². The second kappa shape index (κ2) is 5.87. The van der Waals surface area contributed by atoms with E-state index in [2.05, 4.69) is 10.1 Å². The highest BCUT2D eigenvalue weighted by atomic mass is 16.5. The Bertz CT molecular complexity index is 579. The van der Waals surface area contributed by atoms with E-state index in [1.54, 1.807) is 32.4 Å². The van der Waals surface area contributed by atoms with Crippen molar-refractivity contribution < 1.29 is 14.0 Å². The third kappa shape index (κ3) is 3.01. The minimum absolute atomic E-state index is 0.350. The molecule has 2 aromatic rings. The van der Waals surface area contributed by atoms with Crippen LogP contribution in [0.25, 0.3) is 11.4 Å². The summed E-state index contributed by atoms with van der Waals surface area (Å²) in [5, 5.41) is 12.4. The monoisotopic (exact) mass is 259 g/mol. The molecule has 0 N–H and O–H groups in total. The van der Waals surface area contributed by atoms with E-state index in [4.69, 9.17) is 19.3 Å². The summed E-state index contributed by atoms with van der Waals surface area (Å²) in [6, 6.07) is 7.38. The number of nitrogens with zero attached hydrogens (tertiary/aromatic N) is 3. The van der Waals surface area contributed by atoms with E-state index < -0.39 is 0 Å². The molecule has 0 aliphatic heterocycles. The SMILES string of the molecule is COc1cc(OC)cc(-c2noc(CCC#N)n2)c1. The maximum absolute atomic E-state index is 8.52. The average molecular weight is 259 g/mol. The van der Waals surface area contributed by atoms with Crippen LogP contribution in [0.15, 0.2) is 22.7 Å². The average Bonchev–Trinajstić information content (AvgIpc) is 2.93. The van der Waals surface area contributed by atoms with E-state index in [1.807, 2.05) is 6.07 Å². The fourth-order valence-electron chi connectivity index (χ4n) is 1.57. The van der Waals surface area contributed by atoms with Gasteiger partial charge in [-0.2, -0.15) is 10.2 Å². The van der Waals surface area contributed by atoms with Gasteiger partial charge < -0.3 is 14.0 Å². The van der Waals surface area contributed by atoms with Crippen molar-refractivity contribution in [2.45, 2.75) is 12.8 Å². The molecule has 0 bridgehead atoms. The molecule has 6 nitrogen and oxygen atoms in total. The zero-order chi connectivity index (χ0) is 13.7. The summed E-state index contributed by atoms with van der Waals surface area (Å²) in [4.78, 5) is 4.23. The standard InChI is InChI=1S/C13H13N3O3/c1-17-10-6-9(7-11(8-10)18-2)13-15-12(19-16-13)4-3-5-14/h6-8H,3-4H2,1-2H3. The van der Waals surface area contributed by atoms with Crippen LogP contribution in [0, 0.1) is 11.3 Å². The van der Waals surface area contributed by atoms with Gasteiger partial charge in [0.2, 0.25) is 11.7 Å². The Kier molecular flexibility index (Phi) is 3.98. The predicted molar refractivity (Wildman–Crippen MR) is 66.8 cm³/mol. The van der Waals surface area contributed by atoms with Crippen LogP contribution < -0.4 is 9.47 Å². The maximum atomic E-state index is 8.52. The Hall–Kier alpha value is -2.55. The number of ether oxygens (including phenoxy) is 2. The second-order valence-corrected chi connectivity index (χ2v) is 3.77. The minimum atomic E-state index is 0.350. The fraction of sp³-hybridized carbons (Fsp3) is 0.308. The summed E-state index contributed by atoms with van der Waals surface area (Å²) < 4.78 is 15.4. The summed E-state index contributed by atoms with van der Waals surface area (Å²) in [6.07, 6.45) is 0.799. The third-order valence-corrected chi connectivity index (χ3v) is 2.53. The number of hydrogen-bond donors (Lipinski definition) is 0. The molecule has 0 atom stereocenters. The van der Waals surface area contributed by atoms with Crippen molar-refractivity contribution in [1.82, 2.24) is 10.1 Å². The minimum Gasteiger partial charge on any atom is -0.497 e. The van der Waals surface area contributed by atoms with Gasteiger partial charge in [-0.05, 0) is 12.1 Å². The van der Waals surface area contributed by atoms with E-state index >= 15 is 0 Å². The number of rotatable bonds is 5. The van der Waals surface area contributed by atoms with Crippen molar-refractivity contribution in [2.75, 3.05) is 14.2 Å². The molecule has 19 heavy (non-hydrogen) atoms. The highest BCUT2D eigenvalue weighted by molar-refractivity contribution is 5.60. The van der Waals surface area contributed by atoms with E-state index in [1.165, 1.54) is 0 Å². The second-order valence-electron chi connectivity index (χ2n) is 3.77. The fourth-order valence-corrected chi connectivity index (χ4v) is 1.57. The molecule has 0 saturated heterocycles. The van der Waals surface area contributed by atoms with Gasteiger partial charge in [-0.1, -0.05) is 5.16 Å². The molecule has 1 aromatic heterocycles. The van der Waals surface area contributed by atoms with Crippen molar-refractivity contribution in [3.05, 3.63) is 24.1 Å². The zero-order valence-corrected chi connectivity index (χ0v) is 10.7. The quantitative estimate of drug-likeness (QED) is 0.818. The highest BCUT2D eigenvalue weighted by Gasteiger charge is 2.11. The van der Waals surface area contributed by atoms with Gasteiger partial charge in [-0.15, -0.1) is 0 Å². The van der Waals surface area contributed by atoms with Crippen LogP contribution in [0.1, 0.15) is 12.3 Å². The molecule has 0 amide bonds. The van der Waals surface area contributed by atoms with Gasteiger partial charge in [0.05, 0.1) is 20.3 Å². The van der Waals surface area contributed by atoms with Crippen LogP contribution in [0.2, 0.25) is 0 Å². The van der Waals surface area contributed by atoms with Crippen LogP contribution >= 0.6 is 0 Å². The summed E-state index contributed by atoms with van der Waals surface area (Å²) >= 11 is 0. The Labute approximate surface area is 110 Å². The molecule has 0 unspecified atom stereocenters. The van der Waals surface area contributed by atoms with Crippen molar-refractivity contribution in [3.8, 4) is 29.0 Å². The van der Waals surface area contributed by atoms with Crippen molar-refractivity contribution >= 4 is 0 Å². The van der Waals surface area contributed by atoms with E-state index in [0.29, 0.717) is 36.1 Å². The number of aryl methyl sites for hydroxylation is 1. The molecule has 98 valence electrons. The maximum Gasteiger partial charge on any atom is 0.227 e. The van der Waals surface area contributed by atoms with E-state index in [0.717, 1.165) is 5.56 Å². The van der Waals surface area contributed by atoms with E-state index in [9.17, 15) is 0 Å².